The minimum absolute atomic E-state index is 0.226. The van der Waals surface area contributed by atoms with E-state index in [0.717, 1.165) is 26.2 Å². The van der Waals surface area contributed by atoms with E-state index < -0.39 is 11.6 Å². The summed E-state index contributed by atoms with van der Waals surface area (Å²) in [5, 5.41) is 4.96. The molecule has 1 aliphatic rings. The summed E-state index contributed by atoms with van der Waals surface area (Å²) < 4.78 is 30.0. The predicted molar refractivity (Wildman–Crippen MR) is 116 cm³/mol. The van der Waals surface area contributed by atoms with Crippen molar-refractivity contribution in [3.63, 3.8) is 0 Å². The fraction of sp³-hybridized carbons (Fsp3) is 0.227. The quantitative estimate of drug-likeness (QED) is 0.548. The summed E-state index contributed by atoms with van der Waals surface area (Å²) in [5.74, 6) is -0.119. The second-order valence-corrected chi connectivity index (χ2v) is 7.62. The molecule has 3 heterocycles. The van der Waals surface area contributed by atoms with Gasteiger partial charge in [0.25, 0.3) is 0 Å². The van der Waals surface area contributed by atoms with E-state index in [2.05, 4.69) is 26.9 Å². The van der Waals surface area contributed by atoms with Crippen molar-refractivity contribution >= 4 is 22.8 Å². The molecule has 2 aromatic heterocycles. The molecule has 0 amide bonds. The monoisotopic (exact) mass is 421 g/mol. The average Bonchev–Trinajstić information content (AvgIpc) is 3.11. The predicted octanol–water partition coefficient (Wildman–Crippen LogP) is 3.09. The Hall–Kier alpha value is -3.59. The van der Waals surface area contributed by atoms with E-state index >= 15 is 0 Å². The highest BCUT2D eigenvalue weighted by Crippen LogP contribution is 2.34. The number of fused-ring (bicyclic) bond motifs is 1. The van der Waals surface area contributed by atoms with Crippen molar-refractivity contribution in [1.82, 2.24) is 24.6 Å². The third kappa shape index (κ3) is 3.46. The number of halogens is 2. The van der Waals surface area contributed by atoms with Crippen molar-refractivity contribution in [2.45, 2.75) is 0 Å². The highest BCUT2D eigenvalue weighted by atomic mass is 19.1. The fourth-order valence-electron chi connectivity index (χ4n) is 3.80. The van der Waals surface area contributed by atoms with Gasteiger partial charge in [-0.2, -0.15) is 4.98 Å². The van der Waals surface area contributed by atoms with Crippen molar-refractivity contribution in [3.05, 3.63) is 60.2 Å². The van der Waals surface area contributed by atoms with E-state index in [1.54, 1.807) is 30.3 Å². The maximum atomic E-state index is 14.7. The molecule has 0 radical (unpaired) electrons. The minimum atomic E-state index is -0.412. The number of hydrogen-bond donors (Lipinski definition) is 1. The summed E-state index contributed by atoms with van der Waals surface area (Å²) in [4.78, 5) is 13.6. The van der Waals surface area contributed by atoms with E-state index in [-0.39, 0.29) is 5.82 Å². The molecule has 0 unspecified atom stereocenters. The molecule has 0 atom stereocenters. The van der Waals surface area contributed by atoms with Crippen LogP contribution in [0.25, 0.3) is 28.0 Å². The Morgan fingerprint density at radius 2 is 1.71 bits per heavy atom. The molecule has 5 rings (SSSR count). The molecule has 9 heteroatoms. The molecule has 31 heavy (non-hydrogen) atoms. The largest absolute Gasteiger partial charge is 0.383 e. The van der Waals surface area contributed by atoms with Crippen LogP contribution < -0.4 is 10.6 Å². The molecule has 0 aliphatic carbocycles. The van der Waals surface area contributed by atoms with Crippen LogP contribution in [0.2, 0.25) is 0 Å². The molecule has 2 aromatic carbocycles. The van der Waals surface area contributed by atoms with Crippen LogP contribution in [0.5, 0.6) is 0 Å². The molecule has 2 N–H and O–H groups in total. The van der Waals surface area contributed by atoms with Crippen molar-refractivity contribution in [1.29, 1.82) is 0 Å². The number of piperazine rings is 1. The van der Waals surface area contributed by atoms with Crippen molar-refractivity contribution in [2.24, 2.45) is 0 Å². The van der Waals surface area contributed by atoms with E-state index in [9.17, 15) is 8.78 Å². The molecular weight excluding hydrogens is 400 g/mol. The zero-order valence-electron chi connectivity index (χ0n) is 17.0. The molecule has 0 bridgehead atoms. The minimum Gasteiger partial charge on any atom is -0.383 e. The SMILES string of the molecule is CN1CCN(c2nc(-c3ccccc3F)c3c(N)n(-c4cccc(F)c4)nc3n2)CC1. The van der Waals surface area contributed by atoms with Gasteiger partial charge in [0.15, 0.2) is 5.65 Å². The number of anilines is 2. The van der Waals surface area contributed by atoms with Gasteiger partial charge in [0.2, 0.25) is 5.95 Å². The van der Waals surface area contributed by atoms with Crippen LogP contribution in [0, 0.1) is 11.6 Å². The Morgan fingerprint density at radius 3 is 2.45 bits per heavy atom. The van der Waals surface area contributed by atoms with Crippen LogP contribution in [0.1, 0.15) is 0 Å². The Balaban J connectivity index is 1.74. The highest BCUT2D eigenvalue weighted by Gasteiger charge is 2.24. The van der Waals surface area contributed by atoms with Crippen LogP contribution in [0.4, 0.5) is 20.5 Å². The lowest BCUT2D eigenvalue weighted by atomic mass is 10.1. The van der Waals surface area contributed by atoms with Gasteiger partial charge in [0.05, 0.1) is 16.8 Å². The Morgan fingerprint density at radius 1 is 0.935 bits per heavy atom. The zero-order chi connectivity index (χ0) is 21.5. The first kappa shape index (κ1) is 19.4. The molecule has 0 spiro atoms. The smallest absolute Gasteiger partial charge is 0.228 e. The Kier molecular flexibility index (Phi) is 4.74. The molecule has 4 aromatic rings. The lowest BCUT2D eigenvalue weighted by molar-refractivity contribution is 0.311. The van der Waals surface area contributed by atoms with Crippen molar-refractivity contribution in [3.8, 4) is 16.9 Å². The topological polar surface area (TPSA) is 76.1 Å². The molecule has 1 saturated heterocycles. The van der Waals surface area contributed by atoms with E-state index in [1.807, 2.05) is 0 Å². The van der Waals surface area contributed by atoms with Gasteiger partial charge in [-0.3, -0.25) is 0 Å². The Labute approximate surface area is 177 Å². The first-order valence-electron chi connectivity index (χ1n) is 10.0. The second-order valence-electron chi connectivity index (χ2n) is 7.62. The van der Waals surface area contributed by atoms with Gasteiger partial charge in [0, 0.05) is 31.7 Å². The molecule has 1 aliphatic heterocycles. The van der Waals surface area contributed by atoms with Crippen LogP contribution in [0.3, 0.4) is 0 Å². The second kappa shape index (κ2) is 7.59. The summed E-state index contributed by atoms with van der Waals surface area (Å²) in [7, 11) is 2.06. The fourth-order valence-corrected chi connectivity index (χ4v) is 3.80. The number of nitrogens with two attached hydrogens (primary N) is 1. The van der Waals surface area contributed by atoms with Crippen LogP contribution >= 0.6 is 0 Å². The Bertz CT molecular complexity index is 1260. The van der Waals surface area contributed by atoms with Gasteiger partial charge >= 0.3 is 0 Å². The molecule has 0 saturated carbocycles. The summed E-state index contributed by atoms with van der Waals surface area (Å²) in [6.45, 7) is 3.24. The first-order chi connectivity index (χ1) is 15.0. The van der Waals surface area contributed by atoms with Gasteiger partial charge in [0.1, 0.15) is 17.5 Å². The standard InChI is InChI=1S/C22H21F2N7/c1-29-9-11-30(12-10-29)22-26-19(16-7-2-3-8-17(16)24)18-20(25)31(28-21(18)27-22)15-6-4-5-14(23)13-15/h2-8,13H,9-12,25H2,1H3. The third-order valence-electron chi connectivity index (χ3n) is 5.53. The van der Waals surface area contributed by atoms with Crippen molar-refractivity contribution < 1.29 is 8.78 Å². The van der Waals surface area contributed by atoms with E-state index in [4.69, 9.17) is 10.7 Å². The van der Waals surface area contributed by atoms with E-state index in [0.29, 0.717) is 33.9 Å². The summed E-state index contributed by atoms with van der Waals surface area (Å²) in [5.41, 5.74) is 7.89. The number of nitrogens with zero attached hydrogens (tertiary/aromatic N) is 6. The van der Waals surface area contributed by atoms with Crippen LogP contribution in [-0.2, 0) is 0 Å². The lowest BCUT2D eigenvalue weighted by Gasteiger charge is -2.32. The van der Waals surface area contributed by atoms with Gasteiger partial charge in [-0.25, -0.2) is 18.4 Å². The maximum Gasteiger partial charge on any atom is 0.228 e. The average molecular weight is 421 g/mol. The number of aromatic nitrogens is 4. The normalized spacial score (nSPS) is 15.0. The lowest BCUT2D eigenvalue weighted by Crippen LogP contribution is -2.45. The first-order valence-corrected chi connectivity index (χ1v) is 10.0. The van der Waals surface area contributed by atoms with Gasteiger partial charge in [-0.1, -0.05) is 18.2 Å². The third-order valence-corrected chi connectivity index (χ3v) is 5.53. The van der Waals surface area contributed by atoms with Crippen molar-refractivity contribution in [2.75, 3.05) is 43.9 Å². The molecule has 158 valence electrons. The van der Waals surface area contributed by atoms with Crippen LogP contribution in [0.15, 0.2) is 48.5 Å². The number of likely N-dealkylation sites (N-methyl/N-ethyl adjacent to an activating group) is 1. The molecule has 7 nitrogen and oxygen atoms in total. The van der Waals surface area contributed by atoms with E-state index in [1.165, 1.54) is 22.9 Å². The summed E-state index contributed by atoms with van der Waals surface area (Å²) in [6, 6.07) is 12.4. The molecular formula is C22H21F2N7. The van der Waals surface area contributed by atoms with Crippen LogP contribution in [-0.4, -0.2) is 57.9 Å². The number of benzene rings is 2. The van der Waals surface area contributed by atoms with Gasteiger partial charge in [-0.15, -0.1) is 5.10 Å². The number of rotatable bonds is 3. The summed E-state index contributed by atoms with van der Waals surface area (Å²) >= 11 is 0. The number of hydrogen-bond acceptors (Lipinski definition) is 6. The summed E-state index contributed by atoms with van der Waals surface area (Å²) in [6.07, 6.45) is 0. The molecule has 1 fully saturated rings. The zero-order valence-corrected chi connectivity index (χ0v) is 17.0. The van der Waals surface area contributed by atoms with Gasteiger partial charge in [-0.05, 0) is 37.4 Å². The number of nitrogen functional groups attached to an aromatic ring is 1. The van der Waals surface area contributed by atoms with Gasteiger partial charge < -0.3 is 15.5 Å². The maximum absolute atomic E-state index is 14.7. The highest BCUT2D eigenvalue weighted by molar-refractivity contribution is 5.99.